The fraction of sp³-hybridized carbons (Fsp3) is 0.583. The molecule has 0 bridgehead atoms. The van der Waals surface area contributed by atoms with E-state index in [-0.39, 0.29) is 11.7 Å². The van der Waals surface area contributed by atoms with Crippen LogP contribution in [0.25, 0.3) is 0 Å². The van der Waals surface area contributed by atoms with Gasteiger partial charge in [0.2, 0.25) is 0 Å². The number of pyridine rings is 1. The molecule has 1 aliphatic carbocycles. The zero-order chi connectivity index (χ0) is 12.3. The van der Waals surface area contributed by atoms with Gasteiger partial charge in [-0.3, -0.25) is 9.54 Å². The van der Waals surface area contributed by atoms with Gasteiger partial charge < -0.3 is 0 Å². The summed E-state index contributed by atoms with van der Waals surface area (Å²) >= 11 is 0. The number of nitrogens with zero attached hydrogens (tertiary/aromatic N) is 1. The molecule has 0 amide bonds. The molecule has 1 fully saturated rings. The third-order valence-electron chi connectivity index (χ3n) is 3.45. The van der Waals surface area contributed by atoms with E-state index in [1.54, 1.807) is 6.20 Å². The number of hydrogen-bond donors (Lipinski definition) is 1. The number of aromatic nitrogens is 1. The highest BCUT2D eigenvalue weighted by Gasteiger charge is 2.25. The Kier molecular flexibility index (Phi) is 3.79. The summed E-state index contributed by atoms with van der Waals surface area (Å²) in [6, 6.07) is 4.00. The van der Waals surface area contributed by atoms with Crippen LogP contribution in [0.15, 0.2) is 24.5 Å². The SMILES string of the molecule is O=S(=O)(O)CC1CCC(c2cccnc2)CC1. The van der Waals surface area contributed by atoms with Gasteiger partial charge in [0.15, 0.2) is 0 Å². The molecule has 0 unspecified atom stereocenters. The minimum Gasteiger partial charge on any atom is -0.286 e. The molecular weight excluding hydrogens is 238 g/mol. The van der Waals surface area contributed by atoms with E-state index in [1.807, 2.05) is 12.3 Å². The van der Waals surface area contributed by atoms with Crippen LogP contribution in [0.4, 0.5) is 0 Å². The average molecular weight is 255 g/mol. The van der Waals surface area contributed by atoms with E-state index in [9.17, 15) is 8.42 Å². The van der Waals surface area contributed by atoms with Crippen molar-refractivity contribution in [1.29, 1.82) is 0 Å². The van der Waals surface area contributed by atoms with Crippen LogP contribution in [0.1, 0.15) is 37.2 Å². The molecule has 1 N–H and O–H groups in total. The fourth-order valence-corrected chi connectivity index (χ4v) is 3.51. The van der Waals surface area contributed by atoms with Gasteiger partial charge in [-0.15, -0.1) is 0 Å². The second-order valence-electron chi connectivity index (χ2n) is 4.75. The first-order valence-corrected chi connectivity index (χ1v) is 7.50. The molecule has 2 rings (SSSR count). The van der Waals surface area contributed by atoms with Gasteiger partial charge in [0.05, 0.1) is 5.75 Å². The van der Waals surface area contributed by atoms with Crippen LogP contribution in [0.2, 0.25) is 0 Å². The molecule has 0 aliphatic heterocycles. The Balaban J connectivity index is 1.91. The van der Waals surface area contributed by atoms with Crippen molar-refractivity contribution in [2.75, 3.05) is 5.75 Å². The van der Waals surface area contributed by atoms with Crippen molar-refractivity contribution in [3.8, 4) is 0 Å². The van der Waals surface area contributed by atoms with Crippen LogP contribution >= 0.6 is 0 Å². The van der Waals surface area contributed by atoms with Gasteiger partial charge in [-0.05, 0) is 49.1 Å². The monoisotopic (exact) mass is 255 g/mol. The third kappa shape index (κ3) is 3.78. The van der Waals surface area contributed by atoms with Crippen molar-refractivity contribution in [3.63, 3.8) is 0 Å². The van der Waals surface area contributed by atoms with E-state index in [4.69, 9.17) is 4.55 Å². The molecule has 1 saturated carbocycles. The predicted octanol–water partition coefficient (Wildman–Crippen LogP) is 2.24. The first-order valence-electron chi connectivity index (χ1n) is 5.89. The first kappa shape index (κ1) is 12.5. The van der Waals surface area contributed by atoms with Crippen LogP contribution in [-0.4, -0.2) is 23.7 Å². The molecule has 0 atom stereocenters. The lowest BCUT2D eigenvalue weighted by Gasteiger charge is -2.27. The Morgan fingerprint density at radius 1 is 1.29 bits per heavy atom. The van der Waals surface area contributed by atoms with Crippen LogP contribution in [0.5, 0.6) is 0 Å². The van der Waals surface area contributed by atoms with Crippen molar-refractivity contribution in [2.45, 2.75) is 31.6 Å². The minimum atomic E-state index is -3.82. The van der Waals surface area contributed by atoms with E-state index in [0.717, 1.165) is 25.7 Å². The molecule has 1 heterocycles. The second kappa shape index (κ2) is 5.14. The van der Waals surface area contributed by atoms with E-state index >= 15 is 0 Å². The molecule has 17 heavy (non-hydrogen) atoms. The Labute approximate surface area is 102 Å². The molecule has 1 aliphatic rings. The van der Waals surface area contributed by atoms with Gasteiger partial charge in [0, 0.05) is 12.4 Å². The highest BCUT2D eigenvalue weighted by Crippen LogP contribution is 2.35. The van der Waals surface area contributed by atoms with Crippen LogP contribution in [0.3, 0.4) is 0 Å². The van der Waals surface area contributed by atoms with Crippen molar-refractivity contribution < 1.29 is 13.0 Å². The normalized spacial score (nSPS) is 25.7. The number of hydrogen-bond acceptors (Lipinski definition) is 3. The predicted molar refractivity (Wildman–Crippen MR) is 65.4 cm³/mol. The molecule has 0 saturated heterocycles. The minimum absolute atomic E-state index is 0.0905. The lowest BCUT2D eigenvalue weighted by Crippen LogP contribution is -2.21. The Morgan fingerprint density at radius 3 is 2.53 bits per heavy atom. The molecule has 5 heteroatoms. The van der Waals surface area contributed by atoms with Crippen molar-refractivity contribution in [3.05, 3.63) is 30.1 Å². The molecule has 0 radical (unpaired) electrons. The van der Waals surface area contributed by atoms with E-state index < -0.39 is 10.1 Å². The van der Waals surface area contributed by atoms with Gasteiger partial charge in [-0.2, -0.15) is 8.42 Å². The van der Waals surface area contributed by atoms with Gasteiger partial charge in [0.1, 0.15) is 0 Å². The van der Waals surface area contributed by atoms with Crippen molar-refractivity contribution >= 4 is 10.1 Å². The Hall–Kier alpha value is -0.940. The van der Waals surface area contributed by atoms with Gasteiger partial charge in [-0.1, -0.05) is 6.07 Å². The third-order valence-corrected chi connectivity index (χ3v) is 4.34. The maximum Gasteiger partial charge on any atom is 0.265 e. The van der Waals surface area contributed by atoms with Gasteiger partial charge in [-0.25, -0.2) is 0 Å². The Morgan fingerprint density at radius 2 is 2.00 bits per heavy atom. The van der Waals surface area contributed by atoms with E-state index in [2.05, 4.69) is 11.1 Å². The van der Waals surface area contributed by atoms with Crippen molar-refractivity contribution in [2.24, 2.45) is 5.92 Å². The van der Waals surface area contributed by atoms with E-state index in [0.29, 0.717) is 5.92 Å². The molecular formula is C12H17NO3S. The quantitative estimate of drug-likeness (QED) is 0.841. The summed E-state index contributed by atoms with van der Waals surface area (Å²) in [6.07, 6.45) is 7.32. The summed E-state index contributed by atoms with van der Waals surface area (Å²) in [6.45, 7) is 0. The molecule has 1 aromatic heterocycles. The highest BCUT2D eigenvalue weighted by atomic mass is 32.2. The standard InChI is InChI=1S/C12H17NO3S/c14-17(15,16)9-10-3-5-11(6-4-10)12-2-1-7-13-8-12/h1-2,7-8,10-11H,3-6,9H2,(H,14,15,16). The zero-order valence-corrected chi connectivity index (χ0v) is 10.4. The molecule has 0 spiro atoms. The van der Waals surface area contributed by atoms with Crippen LogP contribution < -0.4 is 0 Å². The summed E-state index contributed by atoms with van der Waals surface area (Å²) in [5.74, 6) is 0.506. The summed E-state index contributed by atoms with van der Waals surface area (Å²) in [5, 5.41) is 0. The van der Waals surface area contributed by atoms with Crippen LogP contribution in [0, 0.1) is 5.92 Å². The zero-order valence-electron chi connectivity index (χ0n) is 9.62. The van der Waals surface area contributed by atoms with Gasteiger partial charge in [0.25, 0.3) is 10.1 Å². The maximum atomic E-state index is 10.8. The molecule has 4 nitrogen and oxygen atoms in total. The second-order valence-corrected chi connectivity index (χ2v) is 6.25. The Bertz CT molecular complexity index is 450. The van der Waals surface area contributed by atoms with Crippen molar-refractivity contribution in [1.82, 2.24) is 4.98 Å². The summed E-state index contributed by atoms with van der Waals surface area (Å²) < 4.78 is 30.4. The fourth-order valence-electron chi connectivity index (χ4n) is 2.58. The molecule has 1 aromatic rings. The summed E-state index contributed by atoms with van der Waals surface area (Å²) in [5.41, 5.74) is 1.23. The largest absolute Gasteiger partial charge is 0.286 e. The molecule has 94 valence electrons. The average Bonchev–Trinajstić information content (AvgIpc) is 2.29. The summed E-state index contributed by atoms with van der Waals surface area (Å²) in [7, 11) is -3.82. The van der Waals surface area contributed by atoms with E-state index in [1.165, 1.54) is 5.56 Å². The van der Waals surface area contributed by atoms with Gasteiger partial charge >= 0.3 is 0 Å². The van der Waals surface area contributed by atoms with Crippen LogP contribution in [-0.2, 0) is 10.1 Å². The first-order chi connectivity index (χ1) is 8.04. The maximum absolute atomic E-state index is 10.8. The topological polar surface area (TPSA) is 67.3 Å². The summed E-state index contributed by atoms with van der Waals surface area (Å²) in [4.78, 5) is 4.10. The molecule has 0 aromatic carbocycles. The smallest absolute Gasteiger partial charge is 0.265 e. The highest BCUT2D eigenvalue weighted by molar-refractivity contribution is 7.85. The lowest BCUT2D eigenvalue weighted by atomic mass is 9.80. The number of rotatable bonds is 3. The lowest BCUT2D eigenvalue weighted by molar-refractivity contribution is 0.341.